The van der Waals surface area contributed by atoms with Gasteiger partial charge in [-0.05, 0) is 79.5 Å². The molecule has 0 radical (unpaired) electrons. The van der Waals surface area contributed by atoms with Crippen LogP contribution in [0.15, 0.2) is 89.3 Å². The quantitative estimate of drug-likeness (QED) is 0.0932. The Hall–Kier alpha value is -4.58. The number of hydrogen-bond donors (Lipinski definition) is 2. The summed E-state index contributed by atoms with van der Waals surface area (Å²) < 4.78 is 3.78. The van der Waals surface area contributed by atoms with E-state index in [0.29, 0.717) is 24.5 Å². The second-order valence-electron chi connectivity index (χ2n) is 10.1. The standard InChI is InChI=1S/C24H27N5O2S.C9H11N3/c1-17-4-6-20(13-23(17)26-18(2)29(16-31)11-9-25)22-12-19(14-30)5-7-24(22)32-15-21-8-10-28(3)27-21;1-10-7-8-2-4-12-5-3-11-9(12)6-8/h4-8,10,12-14,16H,9,11,15,25H2,1-3H3;2-6,10H,7H2,1H3. The van der Waals surface area contributed by atoms with E-state index in [1.807, 2.05) is 86.5 Å². The van der Waals surface area contributed by atoms with Crippen LogP contribution in [-0.2, 0) is 24.1 Å². The molecule has 0 spiro atoms. The molecule has 5 aromatic rings. The number of carbonyl (C=O) groups is 2. The Morgan fingerprint density at radius 2 is 1.93 bits per heavy atom. The van der Waals surface area contributed by atoms with Gasteiger partial charge in [0.15, 0.2) is 0 Å². The number of pyridine rings is 1. The van der Waals surface area contributed by atoms with Gasteiger partial charge in [0.05, 0.1) is 11.4 Å². The van der Waals surface area contributed by atoms with E-state index in [1.165, 1.54) is 10.5 Å². The van der Waals surface area contributed by atoms with Crippen molar-refractivity contribution in [3.8, 4) is 11.1 Å². The lowest BCUT2D eigenvalue weighted by Gasteiger charge is -2.16. The predicted molar refractivity (Wildman–Crippen MR) is 177 cm³/mol. The van der Waals surface area contributed by atoms with Gasteiger partial charge in [-0.15, -0.1) is 11.8 Å². The first kappa shape index (κ1) is 32.3. The van der Waals surface area contributed by atoms with E-state index in [1.54, 1.807) is 29.6 Å². The van der Waals surface area contributed by atoms with Crippen LogP contribution in [0.3, 0.4) is 0 Å². The summed E-state index contributed by atoms with van der Waals surface area (Å²) in [6.45, 7) is 5.43. The van der Waals surface area contributed by atoms with Gasteiger partial charge in [-0.1, -0.05) is 18.2 Å². The zero-order chi connectivity index (χ0) is 31.5. The van der Waals surface area contributed by atoms with Gasteiger partial charge < -0.3 is 20.4 Å². The van der Waals surface area contributed by atoms with E-state index in [-0.39, 0.29) is 0 Å². The number of aldehydes is 1. The molecular formula is C33H38N8O2S. The van der Waals surface area contributed by atoms with Crippen molar-refractivity contribution in [1.82, 2.24) is 29.4 Å². The molecule has 228 valence electrons. The second kappa shape index (κ2) is 15.8. The van der Waals surface area contributed by atoms with Gasteiger partial charge in [0.1, 0.15) is 17.8 Å². The van der Waals surface area contributed by atoms with Crippen LogP contribution in [0.4, 0.5) is 5.69 Å². The highest BCUT2D eigenvalue weighted by Crippen LogP contribution is 2.36. The summed E-state index contributed by atoms with van der Waals surface area (Å²) in [4.78, 5) is 34.2. The van der Waals surface area contributed by atoms with Gasteiger partial charge in [0, 0.05) is 67.7 Å². The lowest BCUT2D eigenvalue weighted by atomic mass is 10.0. The number of aromatic nitrogens is 4. The third-order valence-corrected chi connectivity index (χ3v) is 7.95. The Labute approximate surface area is 262 Å². The zero-order valence-electron chi connectivity index (χ0n) is 25.5. The zero-order valence-corrected chi connectivity index (χ0v) is 26.3. The van der Waals surface area contributed by atoms with Gasteiger partial charge in [0.2, 0.25) is 6.41 Å². The Kier molecular flexibility index (Phi) is 11.6. The average Bonchev–Trinajstić information content (AvgIpc) is 3.68. The van der Waals surface area contributed by atoms with Crippen LogP contribution < -0.4 is 11.1 Å². The largest absolute Gasteiger partial charge is 0.329 e. The molecule has 44 heavy (non-hydrogen) atoms. The number of hydrogen-bond acceptors (Lipinski definition) is 8. The van der Waals surface area contributed by atoms with Crippen LogP contribution in [0.25, 0.3) is 16.8 Å². The highest BCUT2D eigenvalue weighted by Gasteiger charge is 2.12. The number of nitrogens with one attached hydrogen (secondary N) is 1. The van der Waals surface area contributed by atoms with E-state index in [9.17, 15) is 9.59 Å². The van der Waals surface area contributed by atoms with Gasteiger partial charge in [-0.2, -0.15) is 5.10 Å². The third kappa shape index (κ3) is 8.50. The molecule has 5 rings (SSSR count). The summed E-state index contributed by atoms with van der Waals surface area (Å²) in [7, 11) is 3.84. The van der Waals surface area contributed by atoms with Crippen molar-refractivity contribution in [3.63, 3.8) is 0 Å². The molecule has 1 amide bonds. The van der Waals surface area contributed by atoms with E-state index >= 15 is 0 Å². The lowest BCUT2D eigenvalue weighted by Crippen LogP contribution is -2.32. The number of fused-ring (bicyclic) bond motifs is 1. The number of nitrogens with two attached hydrogens (primary N) is 1. The highest BCUT2D eigenvalue weighted by atomic mass is 32.2. The minimum Gasteiger partial charge on any atom is -0.329 e. The number of benzene rings is 2. The number of amidine groups is 1. The summed E-state index contributed by atoms with van der Waals surface area (Å²) in [6, 6.07) is 17.9. The topological polar surface area (TPSA) is 123 Å². The van der Waals surface area contributed by atoms with Crippen molar-refractivity contribution >= 4 is 41.6 Å². The fourth-order valence-corrected chi connectivity index (χ4v) is 5.45. The van der Waals surface area contributed by atoms with Crippen LogP contribution in [0, 0.1) is 6.92 Å². The number of imidazole rings is 1. The highest BCUT2D eigenvalue weighted by molar-refractivity contribution is 7.98. The first-order valence-corrected chi connectivity index (χ1v) is 15.2. The summed E-state index contributed by atoms with van der Waals surface area (Å²) in [5.41, 5.74) is 13.1. The average molecular weight is 611 g/mol. The molecular weight excluding hydrogens is 572 g/mol. The van der Waals surface area contributed by atoms with E-state index in [4.69, 9.17) is 5.73 Å². The molecule has 3 heterocycles. The number of aliphatic imine (C=N–C) groups is 1. The van der Waals surface area contributed by atoms with Crippen molar-refractivity contribution in [1.29, 1.82) is 0 Å². The lowest BCUT2D eigenvalue weighted by molar-refractivity contribution is -0.114. The van der Waals surface area contributed by atoms with Crippen molar-refractivity contribution in [2.24, 2.45) is 17.8 Å². The third-order valence-electron chi connectivity index (χ3n) is 6.84. The van der Waals surface area contributed by atoms with Gasteiger partial charge in [0.25, 0.3) is 0 Å². The Morgan fingerprint density at radius 3 is 2.64 bits per heavy atom. The number of rotatable bonds is 11. The molecule has 0 fully saturated rings. The van der Waals surface area contributed by atoms with Crippen LogP contribution >= 0.6 is 11.8 Å². The summed E-state index contributed by atoms with van der Waals surface area (Å²) in [5.74, 6) is 1.30. The maximum Gasteiger partial charge on any atom is 0.215 e. The van der Waals surface area contributed by atoms with Crippen molar-refractivity contribution in [2.45, 2.75) is 31.0 Å². The molecule has 11 heteroatoms. The number of carbonyl (C=O) groups excluding carboxylic acids is 2. The first-order valence-electron chi connectivity index (χ1n) is 14.2. The van der Waals surface area contributed by atoms with Gasteiger partial charge in [-0.25, -0.2) is 9.98 Å². The van der Waals surface area contributed by atoms with Crippen LogP contribution in [-0.4, -0.2) is 62.7 Å². The Bertz CT molecular complexity index is 1740. The van der Waals surface area contributed by atoms with Crippen molar-refractivity contribution in [3.05, 3.63) is 102 Å². The Morgan fingerprint density at radius 1 is 1.09 bits per heavy atom. The number of amides is 1. The van der Waals surface area contributed by atoms with E-state index in [2.05, 4.69) is 32.5 Å². The first-order chi connectivity index (χ1) is 21.3. The molecule has 2 aromatic carbocycles. The fraction of sp³-hybridized carbons (Fsp3) is 0.242. The van der Waals surface area contributed by atoms with Crippen LogP contribution in [0.1, 0.15) is 34.1 Å². The molecule has 0 aliphatic rings. The molecule has 0 saturated carbocycles. The smallest absolute Gasteiger partial charge is 0.215 e. The maximum absolute atomic E-state index is 11.4. The van der Waals surface area contributed by atoms with Gasteiger partial charge >= 0.3 is 0 Å². The SMILES string of the molecule is CC(=Nc1cc(-c2cc(C=O)ccc2SCc2ccn(C)n2)ccc1C)N(C=O)CCN.CNCc1ccn2ccnc2c1. The fourth-order valence-electron chi connectivity index (χ4n) is 4.50. The molecule has 0 unspecified atom stereocenters. The number of aryl methyl sites for hydroxylation is 2. The summed E-state index contributed by atoms with van der Waals surface area (Å²) in [6.07, 6.45) is 9.28. The molecule has 0 aliphatic carbocycles. The maximum atomic E-state index is 11.4. The number of nitrogens with zero attached hydrogens (tertiary/aromatic N) is 6. The molecule has 3 N–H and O–H groups in total. The molecule has 3 aromatic heterocycles. The molecule has 0 bridgehead atoms. The monoisotopic (exact) mass is 610 g/mol. The van der Waals surface area contributed by atoms with Crippen molar-refractivity contribution in [2.75, 3.05) is 20.1 Å². The molecule has 0 aliphatic heterocycles. The minimum absolute atomic E-state index is 0.361. The summed E-state index contributed by atoms with van der Waals surface area (Å²) in [5, 5.41) is 7.54. The van der Waals surface area contributed by atoms with E-state index < -0.39 is 0 Å². The Balaban J connectivity index is 0.000000305. The van der Waals surface area contributed by atoms with Crippen LogP contribution in [0.2, 0.25) is 0 Å². The van der Waals surface area contributed by atoms with Gasteiger partial charge in [-0.3, -0.25) is 14.3 Å². The predicted octanol–water partition coefficient (Wildman–Crippen LogP) is 5.02. The molecule has 0 saturated heterocycles. The van der Waals surface area contributed by atoms with Crippen LogP contribution in [0.5, 0.6) is 0 Å². The summed E-state index contributed by atoms with van der Waals surface area (Å²) >= 11 is 1.67. The van der Waals surface area contributed by atoms with E-state index in [0.717, 1.165) is 63.6 Å². The molecule has 10 nitrogen and oxygen atoms in total. The van der Waals surface area contributed by atoms with Crippen molar-refractivity contribution < 1.29 is 9.59 Å². The normalized spacial score (nSPS) is 11.2. The molecule has 0 atom stereocenters. The number of thioether (sulfide) groups is 1. The minimum atomic E-state index is 0.361. The second-order valence-corrected chi connectivity index (χ2v) is 11.2.